The molecule has 0 atom stereocenters. The molecule has 1 saturated heterocycles. The van der Waals surface area contributed by atoms with Gasteiger partial charge in [0.2, 0.25) is 5.28 Å². The molecule has 3 heterocycles. The normalized spacial score (nSPS) is 28.8. The van der Waals surface area contributed by atoms with E-state index < -0.39 is 0 Å². The molecule has 6 nitrogen and oxygen atoms in total. The number of carbonyl (C=O) groups is 1. The van der Waals surface area contributed by atoms with E-state index in [1.54, 1.807) is 17.3 Å². The zero-order valence-corrected chi connectivity index (χ0v) is 16.5. The highest BCUT2D eigenvalue weighted by atomic mass is 35.5. The maximum atomic E-state index is 12.6. The number of hydrogen-bond donors (Lipinski definition) is 1. The van der Waals surface area contributed by atoms with Gasteiger partial charge in [-0.25, -0.2) is 14.8 Å². The Morgan fingerprint density at radius 2 is 1.92 bits per heavy atom. The molecular weight excluding hydrogens is 370 g/mol. The number of thiophene rings is 1. The minimum atomic E-state index is -0.187. The number of hydrogen-bond acceptors (Lipinski definition) is 5. The molecule has 1 aliphatic carbocycles. The monoisotopic (exact) mass is 391 g/mol. The first-order valence-electron chi connectivity index (χ1n) is 8.73. The summed E-state index contributed by atoms with van der Waals surface area (Å²) in [7, 11) is 4.31. The van der Waals surface area contributed by atoms with Crippen LogP contribution in [0.3, 0.4) is 0 Å². The Morgan fingerprint density at radius 1 is 1.23 bits per heavy atom. The Bertz CT molecular complexity index is 784. The molecule has 138 valence electrons. The van der Waals surface area contributed by atoms with Crippen molar-refractivity contribution in [3.8, 4) is 0 Å². The topological polar surface area (TPSA) is 61.4 Å². The van der Waals surface area contributed by atoms with Gasteiger partial charge >= 0.3 is 6.03 Å². The van der Waals surface area contributed by atoms with Crippen LogP contribution in [-0.2, 0) is 5.54 Å². The van der Waals surface area contributed by atoms with Gasteiger partial charge in [-0.3, -0.25) is 9.80 Å². The van der Waals surface area contributed by atoms with Crippen molar-refractivity contribution in [1.29, 1.82) is 0 Å². The van der Waals surface area contributed by atoms with E-state index in [0.29, 0.717) is 12.2 Å². The van der Waals surface area contributed by atoms with Crippen molar-refractivity contribution in [3.63, 3.8) is 0 Å². The molecule has 0 unspecified atom stereocenters. The number of urea groups is 1. The first-order chi connectivity index (χ1) is 12.4. The van der Waals surface area contributed by atoms with E-state index in [-0.39, 0.29) is 22.4 Å². The lowest BCUT2D eigenvalue weighted by Crippen LogP contribution is -2.53. The Hall–Kier alpha value is -1.70. The molecule has 1 aliphatic heterocycles. The highest BCUT2D eigenvalue weighted by Gasteiger charge is 2.50. The van der Waals surface area contributed by atoms with Crippen molar-refractivity contribution in [2.75, 3.05) is 25.5 Å². The molecule has 0 bridgehead atoms. The molecule has 8 heteroatoms. The summed E-state index contributed by atoms with van der Waals surface area (Å²) in [6.45, 7) is 0.644. The first-order valence-corrected chi connectivity index (χ1v) is 9.99. The molecule has 1 N–H and O–H groups in total. The molecular formula is C18H22ClN5OS. The van der Waals surface area contributed by atoms with Crippen LogP contribution in [0.5, 0.6) is 0 Å². The maximum Gasteiger partial charge on any atom is 0.322 e. The highest BCUT2D eigenvalue weighted by molar-refractivity contribution is 7.10. The third-order valence-corrected chi connectivity index (χ3v) is 7.12. The average Bonchev–Trinajstić information content (AvgIpc) is 3.26. The minimum absolute atomic E-state index is 0.0565. The number of nitrogens with zero attached hydrogens (tertiary/aromatic N) is 4. The van der Waals surface area contributed by atoms with Crippen molar-refractivity contribution >= 4 is 34.7 Å². The Balaban J connectivity index is 1.54. The van der Waals surface area contributed by atoms with Crippen molar-refractivity contribution in [2.45, 2.75) is 36.8 Å². The van der Waals surface area contributed by atoms with Crippen LogP contribution in [0, 0.1) is 0 Å². The smallest absolute Gasteiger partial charge is 0.322 e. The second-order valence-electron chi connectivity index (χ2n) is 7.41. The standard InChI is InChI=1S/C18H22ClN5OS/c1-23(2)18(14-4-3-9-26-14)7-5-17(6-8-18)12-24(16(25)22-17)13-10-20-15(19)21-11-13/h3-4,9-11H,5-8,12H2,1-2H3,(H,22,25)/t17-,18+. The number of anilines is 1. The molecule has 2 aliphatic rings. The number of amides is 2. The summed E-state index contributed by atoms with van der Waals surface area (Å²) in [5.41, 5.74) is 0.556. The van der Waals surface area contributed by atoms with Crippen LogP contribution < -0.4 is 10.2 Å². The van der Waals surface area contributed by atoms with E-state index in [1.807, 2.05) is 11.3 Å². The summed E-state index contributed by atoms with van der Waals surface area (Å²) in [6.07, 6.45) is 7.14. The lowest BCUT2D eigenvalue weighted by Gasteiger charge is -2.47. The number of halogens is 1. The third-order valence-electron chi connectivity index (χ3n) is 5.87. The largest absolute Gasteiger partial charge is 0.330 e. The van der Waals surface area contributed by atoms with Crippen LogP contribution in [0.1, 0.15) is 30.6 Å². The fourth-order valence-corrected chi connectivity index (χ4v) is 5.41. The molecule has 1 spiro atoms. The Labute approximate surface area is 162 Å². The van der Waals surface area contributed by atoms with E-state index in [1.165, 1.54) is 4.88 Å². The summed E-state index contributed by atoms with van der Waals surface area (Å²) in [5.74, 6) is 0. The van der Waals surface area contributed by atoms with Crippen molar-refractivity contribution in [1.82, 2.24) is 20.2 Å². The van der Waals surface area contributed by atoms with Gasteiger partial charge < -0.3 is 5.32 Å². The predicted octanol–water partition coefficient (Wildman–Crippen LogP) is 3.49. The SMILES string of the molecule is CN(C)[C@]1(c2cccs2)CC[C@]2(CC1)CN(c1cnc(Cl)nc1)C(=O)N2. The zero-order valence-electron chi connectivity index (χ0n) is 14.9. The van der Waals surface area contributed by atoms with Gasteiger partial charge in [0.05, 0.1) is 35.7 Å². The summed E-state index contributed by atoms with van der Waals surface area (Å²) >= 11 is 7.58. The van der Waals surface area contributed by atoms with E-state index in [2.05, 4.69) is 51.8 Å². The van der Waals surface area contributed by atoms with Gasteiger partial charge in [0.1, 0.15) is 0 Å². The Kier molecular flexibility index (Phi) is 4.41. The Morgan fingerprint density at radius 3 is 2.50 bits per heavy atom. The van der Waals surface area contributed by atoms with Crippen LogP contribution in [0.25, 0.3) is 0 Å². The quantitative estimate of drug-likeness (QED) is 0.813. The molecule has 2 aromatic heterocycles. The van der Waals surface area contributed by atoms with Crippen molar-refractivity contribution in [3.05, 3.63) is 40.1 Å². The summed E-state index contributed by atoms with van der Waals surface area (Å²) in [6, 6.07) is 4.27. The molecule has 1 saturated carbocycles. The van der Waals surface area contributed by atoms with E-state index in [4.69, 9.17) is 11.6 Å². The van der Waals surface area contributed by atoms with Crippen LogP contribution in [0.4, 0.5) is 10.5 Å². The minimum Gasteiger partial charge on any atom is -0.330 e. The van der Waals surface area contributed by atoms with E-state index in [0.717, 1.165) is 25.7 Å². The van der Waals surface area contributed by atoms with Crippen molar-refractivity contribution < 1.29 is 4.79 Å². The molecule has 0 aromatic carbocycles. The highest BCUT2D eigenvalue weighted by Crippen LogP contribution is 2.47. The molecule has 2 fully saturated rings. The maximum absolute atomic E-state index is 12.6. The average molecular weight is 392 g/mol. The fourth-order valence-electron chi connectivity index (χ4n) is 4.24. The predicted molar refractivity (Wildman–Crippen MR) is 104 cm³/mol. The summed E-state index contributed by atoms with van der Waals surface area (Å²) in [5, 5.41) is 5.57. The second-order valence-corrected chi connectivity index (χ2v) is 8.70. The van der Waals surface area contributed by atoms with Gasteiger partial charge in [-0.2, -0.15) is 0 Å². The van der Waals surface area contributed by atoms with Gasteiger partial charge in [0.25, 0.3) is 0 Å². The number of nitrogens with one attached hydrogen (secondary N) is 1. The molecule has 4 rings (SSSR count). The zero-order chi connectivity index (χ0) is 18.4. The van der Waals surface area contributed by atoms with Gasteiger partial charge in [0.15, 0.2) is 0 Å². The van der Waals surface area contributed by atoms with Crippen LogP contribution in [0.15, 0.2) is 29.9 Å². The van der Waals surface area contributed by atoms with E-state index >= 15 is 0 Å². The summed E-state index contributed by atoms with van der Waals surface area (Å²) < 4.78 is 0. The number of aromatic nitrogens is 2. The molecule has 2 aromatic rings. The van der Waals surface area contributed by atoms with Crippen LogP contribution in [-0.4, -0.2) is 47.1 Å². The second kappa shape index (κ2) is 6.48. The van der Waals surface area contributed by atoms with Gasteiger partial charge in [-0.15, -0.1) is 11.3 Å². The summed E-state index contributed by atoms with van der Waals surface area (Å²) in [4.78, 5) is 26.0. The lowest BCUT2D eigenvalue weighted by molar-refractivity contribution is 0.0689. The lowest BCUT2D eigenvalue weighted by atomic mass is 9.71. The molecule has 2 amide bonds. The van der Waals surface area contributed by atoms with Crippen LogP contribution in [0.2, 0.25) is 5.28 Å². The van der Waals surface area contributed by atoms with E-state index in [9.17, 15) is 4.79 Å². The van der Waals surface area contributed by atoms with Gasteiger partial charge in [-0.1, -0.05) is 6.07 Å². The first kappa shape index (κ1) is 17.7. The molecule has 26 heavy (non-hydrogen) atoms. The molecule has 0 radical (unpaired) electrons. The third kappa shape index (κ3) is 2.88. The fraction of sp³-hybridized carbons (Fsp3) is 0.500. The number of carbonyl (C=O) groups excluding carboxylic acids is 1. The van der Waals surface area contributed by atoms with Gasteiger partial charge in [-0.05, 0) is 62.8 Å². The number of rotatable bonds is 3. The van der Waals surface area contributed by atoms with Crippen LogP contribution >= 0.6 is 22.9 Å². The van der Waals surface area contributed by atoms with Gasteiger partial charge in [0, 0.05) is 4.88 Å². The van der Waals surface area contributed by atoms with Crippen molar-refractivity contribution in [2.24, 2.45) is 0 Å².